The van der Waals surface area contributed by atoms with Crippen molar-refractivity contribution in [3.8, 4) is 0 Å². The van der Waals surface area contributed by atoms with Crippen LogP contribution in [0.15, 0.2) is 22.9 Å². The number of fused-ring (bicyclic) bond motifs is 2. The molecule has 2 aromatic rings. The molecule has 1 aliphatic rings. The smallest absolute Gasteiger partial charge is 0.133 e. The minimum absolute atomic E-state index is 0.764. The summed E-state index contributed by atoms with van der Waals surface area (Å²) >= 11 is 3.43. The highest BCUT2D eigenvalue weighted by molar-refractivity contribution is 7.12. The van der Waals surface area contributed by atoms with Crippen LogP contribution in [0, 0.1) is 0 Å². The lowest BCUT2D eigenvalue weighted by Crippen LogP contribution is -2.27. The average Bonchev–Trinajstić information content (AvgIpc) is 3.03. The van der Waals surface area contributed by atoms with Crippen LogP contribution in [-0.2, 0) is 18.4 Å². The van der Waals surface area contributed by atoms with E-state index >= 15 is 0 Å². The fourth-order valence-corrected chi connectivity index (χ4v) is 5.28. The molecule has 0 bridgehead atoms. The molecule has 0 saturated heterocycles. The molecular formula is C16H21NOS2. The minimum atomic E-state index is -0.764. The first-order valence-electron chi connectivity index (χ1n) is 7.12. The van der Waals surface area contributed by atoms with E-state index in [2.05, 4.69) is 41.9 Å². The van der Waals surface area contributed by atoms with Gasteiger partial charge in [-0.2, -0.15) is 0 Å². The average molecular weight is 307 g/mol. The van der Waals surface area contributed by atoms with E-state index < -0.39 is 5.60 Å². The number of hydrogen-bond donors (Lipinski definition) is 1. The van der Waals surface area contributed by atoms with Gasteiger partial charge in [0.15, 0.2) is 0 Å². The molecule has 1 aliphatic carbocycles. The predicted octanol–water partition coefficient (Wildman–Crippen LogP) is 3.49. The van der Waals surface area contributed by atoms with Gasteiger partial charge >= 0.3 is 0 Å². The highest BCUT2D eigenvalue weighted by atomic mass is 32.1. The van der Waals surface area contributed by atoms with Gasteiger partial charge in [0.25, 0.3) is 0 Å². The Hall–Kier alpha value is -0.680. The Bertz CT molecular complexity index is 543. The zero-order chi connectivity index (χ0) is 14.2. The molecule has 0 aromatic carbocycles. The van der Waals surface area contributed by atoms with Crippen molar-refractivity contribution in [1.29, 1.82) is 0 Å². The van der Waals surface area contributed by atoms with E-state index in [0.717, 1.165) is 32.2 Å². The molecule has 0 fully saturated rings. The van der Waals surface area contributed by atoms with Gasteiger partial charge in [0, 0.05) is 9.75 Å². The van der Waals surface area contributed by atoms with Gasteiger partial charge in [-0.1, -0.05) is 0 Å². The zero-order valence-electron chi connectivity index (χ0n) is 12.1. The summed E-state index contributed by atoms with van der Waals surface area (Å²) in [5, 5.41) is 15.7. The van der Waals surface area contributed by atoms with E-state index in [9.17, 15) is 5.11 Å². The first kappa shape index (κ1) is 14.3. The van der Waals surface area contributed by atoms with Crippen LogP contribution in [0.3, 0.4) is 0 Å². The molecule has 0 saturated carbocycles. The van der Waals surface area contributed by atoms with E-state index in [1.165, 1.54) is 20.9 Å². The summed E-state index contributed by atoms with van der Waals surface area (Å²) < 4.78 is 0. The SMILES string of the molecule is CN(C)CCCC1(O)c2sccc2CCc2ccsc21. The molecule has 2 heterocycles. The maximum absolute atomic E-state index is 11.4. The van der Waals surface area contributed by atoms with E-state index in [4.69, 9.17) is 0 Å². The Kier molecular flexibility index (Phi) is 4.00. The molecule has 0 aliphatic heterocycles. The summed E-state index contributed by atoms with van der Waals surface area (Å²) in [6, 6.07) is 4.38. The molecule has 108 valence electrons. The molecule has 0 spiro atoms. The van der Waals surface area contributed by atoms with Gasteiger partial charge in [-0.05, 0) is 80.3 Å². The summed E-state index contributed by atoms with van der Waals surface area (Å²) in [4.78, 5) is 4.54. The zero-order valence-corrected chi connectivity index (χ0v) is 13.7. The Morgan fingerprint density at radius 2 is 1.65 bits per heavy atom. The van der Waals surface area contributed by atoms with Gasteiger partial charge in [0.05, 0.1) is 0 Å². The summed E-state index contributed by atoms with van der Waals surface area (Å²) in [5.41, 5.74) is 1.91. The topological polar surface area (TPSA) is 23.5 Å². The van der Waals surface area contributed by atoms with E-state index in [1.54, 1.807) is 22.7 Å². The molecule has 0 unspecified atom stereocenters. The number of aliphatic hydroxyl groups is 1. The van der Waals surface area contributed by atoms with E-state index in [-0.39, 0.29) is 0 Å². The molecule has 0 atom stereocenters. The number of nitrogens with zero attached hydrogens (tertiary/aromatic N) is 1. The molecule has 0 amide bonds. The van der Waals surface area contributed by atoms with Crippen molar-refractivity contribution in [2.75, 3.05) is 20.6 Å². The standard InChI is InChI=1S/C16H21NOS2/c1-17(2)9-3-8-16(18)14-12(6-10-19-14)4-5-13-7-11-20-15(13)16/h6-7,10-11,18H,3-5,8-9H2,1-2H3. The number of thiophene rings is 2. The van der Waals surface area contributed by atoms with Crippen LogP contribution in [0.1, 0.15) is 33.7 Å². The second-order valence-electron chi connectivity index (χ2n) is 5.82. The Balaban J connectivity index is 1.97. The van der Waals surface area contributed by atoms with Crippen LogP contribution in [0.4, 0.5) is 0 Å². The Morgan fingerprint density at radius 1 is 1.10 bits per heavy atom. The fourth-order valence-electron chi connectivity index (χ4n) is 3.04. The van der Waals surface area contributed by atoms with Crippen LogP contribution < -0.4 is 0 Å². The molecule has 3 rings (SSSR count). The van der Waals surface area contributed by atoms with Gasteiger partial charge in [0.1, 0.15) is 5.60 Å². The van der Waals surface area contributed by atoms with Crippen LogP contribution in [0.5, 0.6) is 0 Å². The van der Waals surface area contributed by atoms with Crippen LogP contribution in [-0.4, -0.2) is 30.6 Å². The van der Waals surface area contributed by atoms with Crippen molar-refractivity contribution < 1.29 is 5.11 Å². The lowest BCUT2D eigenvalue weighted by Gasteiger charge is -2.28. The van der Waals surface area contributed by atoms with Gasteiger partial charge in [-0.25, -0.2) is 0 Å². The minimum Gasteiger partial charge on any atom is -0.379 e. The highest BCUT2D eigenvalue weighted by Gasteiger charge is 2.38. The van der Waals surface area contributed by atoms with Crippen LogP contribution in [0.2, 0.25) is 0 Å². The molecule has 2 nitrogen and oxygen atoms in total. The first-order chi connectivity index (χ1) is 9.61. The summed E-state index contributed by atoms with van der Waals surface area (Å²) in [5.74, 6) is 0. The molecule has 1 N–H and O–H groups in total. The monoisotopic (exact) mass is 307 g/mol. The van der Waals surface area contributed by atoms with E-state index in [0.29, 0.717) is 0 Å². The Labute approximate surface area is 128 Å². The predicted molar refractivity (Wildman–Crippen MR) is 86.8 cm³/mol. The van der Waals surface area contributed by atoms with Crippen molar-refractivity contribution in [3.05, 3.63) is 43.8 Å². The van der Waals surface area contributed by atoms with Gasteiger partial charge in [-0.15, -0.1) is 22.7 Å². The number of hydrogen-bond acceptors (Lipinski definition) is 4. The van der Waals surface area contributed by atoms with Gasteiger partial charge in [0.2, 0.25) is 0 Å². The lowest BCUT2D eigenvalue weighted by molar-refractivity contribution is 0.0734. The Morgan fingerprint density at radius 3 is 2.15 bits per heavy atom. The highest BCUT2D eigenvalue weighted by Crippen LogP contribution is 2.45. The van der Waals surface area contributed by atoms with Crippen LogP contribution in [0.25, 0.3) is 0 Å². The molecule has 2 aromatic heterocycles. The molecule has 4 heteroatoms. The fraction of sp³-hybridized carbons (Fsp3) is 0.500. The second-order valence-corrected chi connectivity index (χ2v) is 7.65. The van der Waals surface area contributed by atoms with Gasteiger partial charge in [-0.3, -0.25) is 0 Å². The summed E-state index contributed by atoms with van der Waals surface area (Å²) in [7, 11) is 4.18. The van der Waals surface area contributed by atoms with E-state index in [1.807, 2.05) is 0 Å². The second kappa shape index (κ2) is 5.60. The summed E-state index contributed by atoms with van der Waals surface area (Å²) in [6.07, 6.45) is 3.93. The third kappa shape index (κ3) is 2.46. The third-order valence-electron chi connectivity index (χ3n) is 4.05. The van der Waals surface area contributed by atoms with Gasteiger partial charge < -0.3 is 10.0 Å². The largest absolute Gasteiger partial charge is 0.379 e. The number of aryl methyl sites for hydroxylation is 2. The molecule has 0 radical (unpaired) electrons. The third-order valence-corrected chi connectivity index (χ3v) is 6.27. The van der Waals surface area contributed by atoms with Crippen molar-refractivity contribution >= 4 is 22.7 Å². The van der Waals surface area contributed by atoms with Crippen molar-refractivity contribution in [2.24, 2.45) is 0 Å². The lowest BCUT2D eigenvalue weighted by atomic mass is 9.91. The molecular weight excluding hydrogens is 286 g/mol. The quantitative estimate of drug-likeness (QED) is 0.935. The van der Waals surface area contributed by atoms with Crippen LogP contribution >= 0.6 is 22.7 Å². The number of rotatable bonds is 4. The van der Waals surface area contributed by atoms with Crippen molar-refractivity contribution in [1.82, 2.24) is 4.90 Å². The maximum atomic E-state index is 11.4. The van der Waals surface area contributed by atoms with Crippen molar-refractivity contribution in [2.45, 2.75) is 31.3 Å². The first-order valence-corrected chi connectivity index (χ1v) is 8.88. The van der Waals surface area contributed by atoms with Crippen molar-refractivity contribution in [3.63, 3.8) is 0 Å². The maximum Gasteiger partial charge on any atom is 0.133 e. The summed E-state index contributed by atoms with van der Waals surface area (Å²) in [6.45, 7) is 1.02. The normalized spacial score (nSPS) is 16.8. The molecule has 20 heavy (non-hydrogen) atoms.